The summed E-state index contributed by atoms with van der Waals surface area (Å²) in [5.41, 5.74) is 1.92. The molecule has 1 atom stereocenters. The summed E-state index contributed by atoms with van der Waals surface area (Å²) in [4.78, 5) is 9.39. The number of hydrogen-bond acceptors (Lipinski definition) is 6. The Balaban J connectivity index is 1.36. The monoisotopic (exact) mass is 370 g/mol. The van der Waals surface area contributed by atoms with Crippen LogP contribution in [0.1, 0.15) is 42.5 Å². The van der Waals surface area contributed by atoms with Crippen molar-refractivity contribution in [3.63, 3.8) is 0 Å². The van der Waals surface area contributed by atoms with E-state index in [2.05, 4.69) is 57.3 Å². The molecule has 6 nitrogen and oxygen atoms in total. The van der Waals surface area contributed by atoms with E-state index in [4.69, 9.17) is 9.26 Å². The van der Waals surface area contributed by atoms with Gasteiger partial charge in [-0.2, -0.15) is 4.98 Å². The molecule has 146 valence electrons. The second-order valence-electron chi connectivity index (χ2n) is 8.32. The van der Waals surface area contributed by atoms with Gasteiger partial charge in [-0.3, -0.25) is 4.90 Å². The number of ether oxygens (including phenoxy) is 1. The molecule has 4 rings (SSSR count). The lowest BCUT2D eigenvalue weighted by atomic mass is 9.68. The first kappa shape index (κ1) is 18.6. The summed E-state index contributed by atoms with van der Waals surface area (Å²) in [6.45, 7) is 5.71. The molecule has 0 N–H and O–H groups in total. The zero-order valence-electron chi connectivity index (χ0n) is 16.4. The Morgan fingerprint density at radius 2 is 2.00 bits per heavy atom. The predicted molar refractivity (Wildman–Crippen MR) is 103 cm³/mol. The SMILES string of the molecule is COCc1noc(CN2CCC3(CC2)C[C@@H](c2ccccc2)CN(C)C3)n1. The summed E-state index contributed by atoms with van der Waals surface area (Å²) < 4.78 is 10.4. The van der Waals surface area contributed by atoms with E-state index in [0.717, 1.165) is 19.6 Å². The highest BCUT2D eigenvalue weighted by molar-refractivity contribution is 5.21. The molecule has 2 fully saturated rings. The quantitative estimate of drug-likeness (QED) is 0.807. The third kappa shape index (κ3) is 4.39. The molecule has 27 heavy (non-hydrogen) atoms. The molecular formula is C21H30N4O2. The standard InChI is InChI=1S/C21H30N4O2/c1-24-13-18(17-6-4-3-5-7-17)12-21(16-24)8-10-25(11-9-21)14-20-22-19(15-26-2)23-27-20/h3-7,18H,8-16H2,1-2H3/t18-/m1/s1. The number of rotatable bonds is 5. The van der Waals surface area contributed by atoms with Crippen LogP contribution < -0.4 is 0 Å². The third-order valence-corrected chi connectivity index (χ3v) is 6.15. The molecule has 0 radical (unpaired) electrons. The van der Waals surface area contributed by atoms with Crippen molar-refractivity contribution in [3.05, 3.63) is 47.6 Å². The van der Waals surface area contributed by atoms with E-state index in [1.165, 1.54) is 37.9 Å². The molecule has 2 aliphatic rings. The zero-order chi connectivity index (χ0) is 18.7. The van der Waals surface area contributed by atoms with E-state index >= 15 is 0 Å². The van der Waals surface area contributed by atoms with Gasteiger partial charge in [0.25, 0.3) is 0 Å². The number of hydrogen-bond donors (Lipinski definition) is 0. The van der Waals surface area contributed by atoms with Gasteiger partial charge < -0.3 is 14.2 Å². The van der Waals surface area contributed by atoms with E-state index in [1.54, 1.807) is 7.11 Å². The summed E-state index contributed by atoms with van der Waals surface area (Å²) in [5.74, 6) is 1.96. The van der Waals surface area contributed by atoms with Crippen LogP contribution >= 0.6 is 0 Å². The molecule has 1 aromatic carbocycles. The van der Waals surface area contributed by atoms with E-state index in [-0.39, 0.29) is 0 Å². The van der Waals surface area contributed by atoms with Crippen LogP contribution in [0.5, 0.6) is 0 Å². The van der Waals surface area contributed by atoms with Crippen molar-refractivity contribution in [3.8, 4) is 0 Å². The maximum atomic E-state index is 5.36. The van der Waals surface area contributed by atoms with Gasteiger partial charge in [-0.25, -0.2) is 0 Å². The molecule has 1 aromatic heterocycles. The van der Waals surface area contributed by atoms with Gasteiger partial charge in [0, 0.05) is 20.2 Å². The molecule has 2 aliphatic heterocycles. The molecule has 0 bridgehead atoms. The van der Waals surface area contributed by atoms with Crippen LogP contribution in [0.2, 0.25) is 0 Å². The number of likely N-dealkylation sites (N-methyl/N-ethyl adjacent to an activating group) is 1. The Bertz CT molecular complexity index is 725. The maximum absolute atomic E-state index is 5.36. The minimum Gasteiger partial charge on any atom is -0.377 e. The average molecular weight is 370 g/mol. The van der Waals surface area contributed by atoms with Gasteiger partial charge in [0.15, 0.2) is 5.82 Å². The Morgan fingerprint density at radius 3 is 2.74 bits per heavy atom. The number of piperidine rings is 2. The van der Waals surface area contributed by atoms with E-state index in [0.29, 0.717) is 29.7 Å². The molecule has 0 amide bonds. The van der Waals surface area contributed by atoms with Gasteiger partial charge in [-0.05, 0) is 56.3 Å². The molecule has 2 saturated heterocycles. The van der Waals surface area contributed by atoms with E-state index in [9.17, 15) is 0 Å². The third-order valence-electron chi connectivity index (χ3n) is 6.15. The first-order chi connectivity index (χ1) is 13.2. The fourth-order valence-corrected chi connectivity index (χ4v) is 4.89. The number of aromatic nitrogens is 2. The molecule has 0 unspecified atom stereocenters. The van der Waals surface area contributed by atoms with Gasteiger partial charge in [0.05, 0.1) is 6.54 Å². The second kappa shape index (κ2) is 8.09. The van der Waals surface area contributed by atoms with E-state index in [1.807, 2.05) is 0 Å². The Morgan fingerprint density at radius 1 is 1.22 bits per heavy atom. The van der Waals surface area contributed by atoms with Crippen molar-refractivity contribution in [1.29, 1.82) is 0 Å². The highest BCUT2D eigenvalue weighted by atomic mass is 16.5. The summed E-state index contributed by atoms with van der Waals surface area (Å²) in [6.07, 6.45) is 3.77. The topological polar surface area (TPSA) is 54.6 Å². The minimum absolute atomic E-state index is 0.403. The molecule has 2 aromatic rings. The molecule has 0 saturated carbocycles. The van der Waals surface area contributed by atoms with Crippen LogP contribution in [-0.4, -0.2) is 60.3 Å². The molecule has 6 heteroatoms. The van der Waals surface area contributed by atoms with Crippen LogP contribution in [0.25, 0.3) is 0 Å². The van der Waals surface area contributed by atoms with Gasteiger partial charge in [-0.1, -0.05) is 35.5 Å². The molecule has 0 aliphatic carbocycles. The smallest absolute Gasteiger partial charge is 0.240 e. The summed E-state index contributed by atoms with van der Waals surface area (Å²) in [6, 6.07) is 11.0. The van der Waals surface area contributed by atoms with Crippen molar-refractivity contribution < 1.29 is 9.26 Å². The largest absolute Gasteiger partial charge is 0.377 e. The van der Waals surface area contributed by atoms with Crippen molar-refractivity contribution in [2.24, 2.45) is 5.41 Å². The highest BCUT2D eigenvalue weighted by Gasteiger charge is 2.41. The minimum atomic E-state index is 0.403. The second-order valence-corrected chi connectivity index (χ2v) is 8.32. The zero-order valence-corrected chi connectivity index (χ0v) is 16.4. The Labute approximate surface area is 161 Å². The average Bonchev–Trinajstić information content (AvgIpc) is 3.11. The molecule has 3 heterocycles. The maximum Gasteiger partial charge on any atom is 0.240 e. The lowest BCUT2D eigenvalue weighted by Gasteiger charge is -2.49. The van der Waals surface area contributed by atoms with Crippen molar-refractivity contribution in [2.45, 2.75) is 38.3 Å². The normalized spacial score (nSPS) is 23.7. The van der Waals surface area contributed by atoms with Crippen LogP contribution in [0.3, 0.4) is 0 Å². The fraction of sp³-hybridized carbons (Fsp3) is 0.619. The lowest BCUT2D eigenvalue weighted by Crippen LogP contribution is -2.50. The number of benzene rings is 1. The van der Waals surface area contributed by atoms with Crippen molar-refractivity contribution in [1.82, 2.24) is 19.9 Å². The fourth-order valence-electron chi connectivity index (χ4n) is 4.89. The summed E-state index contributed by atoms with van der Waals surface area (Å²) >= 11 is 0. The van der Waals surface area contributed by atoms with Crippen molar-refractivity contribution in [2.75, 3.05) is 40.3 Å². The number of nitrogens with zero attached hydrogens (tertiary/aromatic N) is 4. The van der Waals surface area contributed by atoms with Crippen LogP contribution in [0.15, 0.2) is 34.9 Å². The molecule has 1 spiro atoms. The Hall–Kier alpha value is -1.76. The Kier molecular flexibility index (Phi) is 5.57. The summed E-state index contributed by atoms with van der Waals surface area (Å²) in [5, 5.41) is 3.96. The summed E-state index contributed by atoms with van der Waals surface area (Å²) in [7, 11) is 3.92. The first-order valence-corrected chi connectivity index (χ1v) is 9.92. The van der Waals surface area contributed by atoms with Crippen molar-refractivity contribution >= 4 is 0 Å². The lowest BCUT2D eigenvalue weighted by molar-refractivity contribution is 0.0191. The van der Waals surface area contributed by atoms with Gasteiger partial charge in [0.1, 0.15) is 6.61 Å². The van der Waals surface area contributed by atoms with Gasteiger partial charge >= 0.3 is 0 Å². The van der Waals surface area contributed by atoms with Gasteiger partial charge in [-0.15, -0.1) is 0 Å². The molecular weight excluding hydrogens is 340 g/mol. The highest BCUT2D eigenvalue weighted by Crippen LogP contribution is 2.44. The number of methoxy groups -OCH3 is 1. The van der Waals surface area contributed by atoms with Gasteiger partial charge in [0.2, 0.25) is 5.89 Å². The number of likely N-dealkylation sites (tertiary alicyclic amines) is 2. The van der Waals surface area contributed by atoms with E-state index < -0.39 is 0 Å². The van der Waals surface area contributed by atoms with Crippen LogP contribution in [0.4, 0.5) is 0 Å². The van der Waals surface area contributed by atoms with Crippen LogP contribution in [-0.2, 0) is 17.9 Å². The first-order valence-electron chi connectivity index (χ1n) is 9.92. The predicted octanol–water partition coefficient (Wildman–Crippen LogP) is 2.92. The van der Waals surface area contributed by atoms with Crippen LogP contribution in [0, 0.1) is 5.41 Å².